The number of aliphatic hydroxyl groups excluding tert-OH is 1. The fraction of sp³-hybridized carbons (Fsp3) is 0.333. The molecule has 210 valence electrons. The Labute approximate surface area is 224 Å². The van der Waals surface area contributed by atoms with Crippen molar-refractivity contribution in [3.63, 3.8) is 0 Å². The van der Waals surface area contributed by atoms with Crippen LogP contribution in [0.25, 0.3) is 11.1 Å². The van der Waals surface area contributed by atoms with E-state index in [0.717, 1.165) is 4.90 Å². The van der Waals surface area contributed by atoms with E-state index in [2.05, 4.69) is 4.98 Å². The first kappa shape index (κ1) is 30.4. The summed E-state index contributed by atoms with van der Waals surface area (Å²) in [4.78, 5) is 19.1. The number of rotatable bonds is 7. The smallest absolute Gasteiger partial charge is 0.396 e. The fourth-order valence-electron chi connectivity index (χ4n) is 4.04. The van der Waals surface area contributed by atoms with E-state index in [4.69, 9.17) is 5.11 Å². The molecule has 1 aromatic heterocycles. The number of amides is 1. The van der Waals surface area contributed by atoms with Crippen LogP contribution in [0.5, 0.6) is 0 Å². The molecule has 0 spiro atoms. The molecule has 0 radical (unpaired) electrons. The van der Waals surface area contributed by atoms with Crippen LogP contribution in [0.2, 0.25) is 0 Å². The number of hydrogen-bond donors (Lipinski definition) is 1. The van der Waals surface area contributed by atoms with Gasteiger partial charge in [0.05, 0.1) is 40.1 Å². The Balaban J connectivity index is 2.14. The molecular formula is C27H25F7N2O2S. The van der Waals surface area contributed by atoms with Gasteiger partial charge in [0.25, 0.3) is 0 Å². The van der Waals surface area contributed by atoms with E-state index >= 15 is 0 Å². The first-order chi connectivity index (χ1) is 18.0. The zero-order chi connectivity index (χ0) is 29.3. The number of pyridine rings is 1. The molecule has 0 unspecified atom stereocenters. The molecule has 1 heterocycles. The van der Waals surface area contributed by atoms with Crippen molar-refractivity contribution in [2.45, 2.75) is 43.6 Å². The number of hydrogen-bond acceptors (Lipinski definition) is 4. The molecule has 0 atom stereocenters. The molecule has 12 heteroatoms. The average Bonchev–Trinajstić information content (AvgIpc) is 2.85. The van der Waals surface area contributed by atoms with Gasteiger partial charge in [0.2, 0.25) is 5.91 Å². The van der Waals surface area contributed by atoms with Crippen molar-refractivity contribution in [2.24, 2.45) is 0 Å². The van der Waals surface area contributed by atoms with Crippen LogP contribution in [0, 0.1) is 12.7 Å². The highest BCUT2D eigenvalue weighted by molar-refractivity contribution is 7.99. The highest BCUT2D eigenvalue weighted by Crippen LogP contribution is 2.41. The molecule has 0 bridgehead atoms. The highest BCUT2D eigenvalue weighted by atomic mass is 32.2. The predicted octanol–water partition coefficient (Wildman–Crippen LogP) is 7.26. The summed E-state index contributed by atoms with van der Waals surface area (Å²) >= 11 is 1.23. The van der Waals surface area contributed by atoms with Gasteiger partial charge in [-0.05, 0) is 73.9 Å². The number of carbonyl (C=O) groups is 1. The minimum Gasteiger partial charge on any atom is -0.396 e. The first-order valence-corrected chi connectivity index (χ1v) is 12.5. The molecule has 0 aliphatic rings. The second-order valence-corrected chi connectivity index (χ2v) is 10.5. The van der Waals surface area contributed by atoms with E-state index in [1.807, 2.05) is 0 Å². The lowest BCUT2D eigenvalue weighted by Crippen LogP contribution is -2.42. The summed E-state index contributed by atoms with van der Waals surface area (Å²) in [6, 6.07) is 6.72. The van der Waals surface area contributed by atoms with Crippen molar-refractivity contribution in [1.82, 2.24) is 4.98 Å². The van der Waals surface area contributed by atoms with Crippen LogP contribution in [-0.2, 0) is 22.6 Å². The van der Waals surface area contributed by atoms with Gasteiger partial charge < -0.3 is 10.0 Å². The van der Waals surface area contributed by atoms with E-state index in [0.29, 0.717) is 39.6 Å². The number of anilines is 1. The fourth-order valence-corrected chi connectivity index (χ4v) is 4.67. The van der Waals surface area contributed by atoms with Gasteiger partial charge in [0.15, 0.2) is 0 Å². The van der Waals surface area contributed by atoms with Crippen LogP contribution in [0.15, 0.2) is 53.7 Å². The number of carbonyl (C=O) groups excluding carboxylic acids is 1. The lowest BCUT2D eigenvalue weighted by molar-refractivity contribution is -0.143. The minimum atomic E-state index is -5.07. The Morgan fingerprint density at radius 2 is 1.49 bits per heavy atom. The SMILES string of the molecule is Cc1cc(F)ccc1-c1cc(SCCO)ncc1N(C)C(=O)C(C)(C)c1cc(C(F)(F)F)cc(C(F)(F)F)c1. The maximum atomic E-state index is 13.8. The van der Waals surface area contributed by atoms with Gasteiger partial charge in [0.1, 0.15) is 5.82 Å². The Morgan fingerprint density at radius 1 is 0.923 bits per heavy atom. The molecule has 0 aliphatic carbocycles. The third-order valence-corrected chi connectivity index (χ3v) is 7.09. The van der Waals surface area contributed by atoms with E-state index in [1.54, 1.807) is 13.0 Å². The van der Waals surface area contributed by atoms with Crippen LogP contribution in [-0.4, -0.2) is 35.4 Å². The van der Waals surface area contributed by atoms with Crippen LogP contribution in [0.1, 0.15) is 36.1 Å². The van der Waals surface area contributed by atoms with Crippen molar-refractivity contribution >= 4 is 23.4 Å². The number of thioether (sulfide) groups is 1. The summed E-state index contributed by atoms with van der Waals surface area (Å²) in [5, 5.41) is 9.64. The Hall–Kier alpha value is -3.12. The Bertz CT molecular complexity index is 1340. The summed E-state index contributed by atoms with van der Waals surface area (Å²) in [5.74, 6) is -0.960. The molecule has 3 aromatic rings. The third-order valence-electron chi connectivity index (χ3n) is 6.19. The van der Waals surface area contributed by atoms with E-state index in [9.17, 15) is 35.5 Å². The molecule has 0 saturated carbocycles. The second-order valence-electron chi connectivity index (χ2n) is 9.35. The minimum absolute atomic E-state index is 0.00980. The maximum Gasteiger partial charge on any atom is 0.416 e. The van der Waals surface area contributed by atoms with Gasteiger partial charge in [-0.15, -0.1) is 11.8 Å². The highest BCUT2D eigenvalue weighted by Gasteiger charge is 2.41. The molecule has 2 aromatic carbocycles. The van der Waals surface area contributed by atoms with Gasteiger partial charge in [-0.3, -0.25) is 4.79 Å². The summed E-state index contributed by atoms with van der Waals surface area (Å²) in [7, 11) is 1.34. The number of benzene rings is 2. The molecule has 39 heavy (non-hydrogen) atoms. The van der Waals surface area contributed by atoms with Gasteiger partial charge in [-0.2, -0.15) is 26.3 Å². The monoisotopic (exact) mass is 574 g/mol. The molecule has 4 nitrogen and oxygen atoms in total. The standard InChI is InChI=1S/C27H25F7N2O2S/c1-15-9-19(28)5-6-20(15)21-13-23(39-8-7-37)35-14-22(21)36(4)24(38)25(2,3)16-10-17(26(29,30)31)12-18(11-16)27(32,33)34/h5-6,9-14,37H,7-8H2,1-4H3. The average molecular weight is 575 g/mol. The first-order valence-electron chi connectivity index (χ1n) is 11.5. The van der Waals surface area contributed by atoms with Crippen molar-refractivity contribution in [2.75, 3.05) is 24.3 Å². The van der Waals surface area contributed by atoms with Crippen LogP contribution in [0.4, 0.5) is 36.4 Å². The zero-order valence-electron chi connectivity index (χ0n) is 21.3. The summed E-state index contributed by atoms with van der Waals surface area (Å²) in [6.45, 7) is 4.01. The number of likely N-dealkylation sites (N-methyl/N-ethyl adjacent to an activating group) is 1. The summed E-state index contributed by atoms with van der Waals surface area (Å²) < 4.78 is 94.6. The molecule has 3 rings (SSSR count). The summed E-state index contributed by atoms with van der Waals surface area (Å²) in [5.41, 5.74) is -3.63. The lowest BCUT2D eigenvalue weighted by Gasteiger charge is -2.32. The molecule has 1 amide bonds. The van der Waals surface area contributed by atoms with Crippen molar-refractivity contribution in [1.29, 1.82) is 0 Å². The lowest BCUT2D eigenvalue weighted by atomic mass is 9.81. The van der Waals surface area contributed by atoms with Crippen molar-refractivity contribution in [3.8, 4) is 11.1 Å². The predicted molar refractivity (Wildman–Crippen MR) is 135 cm³/mol. The van der Waals surface area contributed by atoms with Crippen molar-refractivity contribution in [3.05, 3.63) is 76.7 Å². The van der Waals surface area contributed by atoms with E-state index < -0.39 is 46.2 Å². The normalized spacial score (nSPS) is 12.5. The quantitative estimate of drug-likeness (QED) is 0.239. The molecule has 0 saturated heterocycles. The van der Waals surface area contributed by atoms with Crippen molar-refractivity contribution < 1.29 is 40.6 Å². The zero-order valence-corrected chi connectivity index (χ0v) is 22.2. The van der Waals surface area contributed by atoms with Gasteiger partial charge in [-0.1, -0.05) is 6.07 Å². The van der Waals surface area contributed by atoms with Gasteiger partial charge in [0, 0.05) is 18.4 Å². The van der Waals surface area contributed by atoms with Crippen LogP contribution < -0.4 is 4.90 Å². The van der Waals surface area contributed by atoms with Gasteiger partial charge >= 0.3 is 12.4 Å². The maximum absolute atomic E-state index is 13.8. The van der Waals surface area contributed by atoms with Crippen LogP contribution >= 0.6 is 11.8 Å². The number of aliphatic hydroxyl groups is 1. The number of aromatic nitrogens is 1. The number of aryl methyl sites for hydroxylation is 1. The topological polar surface area (TPSA) is 53.4 Å². The Kier molecular flexibility index (Phi) is 8.71. The summed E-state index contributed by atoms with van der Waals surface area (Å²) in [6.07, 6.45) is -8.79. The third kappa shape index (κ3) is 6.73. The second kappa shape index (κ2) is 11.2. The largest absolute Gasteiger partial charge is 0.416 e. The Morgan fingerprint density at radius 3 is 2.00 bits per heavy atom. The van der Waals surface area contributed by atoms with Crippen LogP contribution in [0.3, 0.4) is 0 Å². The van der Waals surface area contributed by atoms with Gasteiger partial charge in [-0.25, -0.2) is 9.37 Å². The number of halogens is 7. The number of alkyl halides is 6. The number of nitrogens with zero attached hydrogens (tertiary/aromatic N) is 2. The van der Waals surface area contributed by atoms with E-state index in [1.165, 1.54) is 57.1 Å². The molecular weight excluding hydrogens is 549 g/mol. The molecule has 0 fully saturated rings. The molecule has 0 aliphatic heterocycles. The molecule has 1 N–H and O–H groups in total. The van der Waals surface area contributed by atoms with E-state index in [-0.39, 0.29) is 18.4 Å².